The van der Waals surface area contributed by atoms with Gasteiger partial charge >= 0.3 is 5.97 Å². The average Bonchev–Trinajstić information content (AvgIpc) is 2.66. The first-order valence-corrected chi connectivity index (χ1v) is 10.2. The Morgan fingerprint density at radius 2 is 1.67 bits per heavy atom. The number of methoxy groups -OCH3 is 1. The van der Waals surface area contributed by atoms with Gasteiger partial charge in [0.25, 0.3) is 0 Å². The molecule has 2 aromatic rings. The summed E-state index contributed by atoms with van der Waals surface area (Å²) in [5, 5.41) is 0. The molecule has 0 heterocycles. The number of esters is 1. The highest BCUT2D eigenvalue weighted by Crippen LogP contribution is 2.15. The number of sulfonamides is 1. The Labute approximate surface area is 161 Å². The minimum atomic E-state index is -3.68. The lowest BCUT2D eigenvalue weighted by Gasteiger charge is -2.22. The number of benzene rings is 2. The topological polar surface area (TPSA) is 75.7 Å². The predicted molar refractivity (Wildman–Crippen MR) is 105 cm³/mol. The van der Waals surface area contributed by atoms with Crippen molar-refractivity contribution in [2.24, 2.45) is 0 Å². The van der Waals surface area contributed by atoms with Crippen LogP contribution >= 0.6 is 0 Å². The summed E-state index contributed by atoms with van der Waals surface area (Å²) in [7, 11) is -0.368. The Morgan fingerprint density at radius 1 is 1.07 bits per heavy atom. The molecule has 146 valence electrons. The van der Waals surface area contributed by atoms with Gasteiger partial charge in [0.2, 0.25) is 10.0 Å². The van der Waals surface area contributed by atoms with Crippen LogP contribution in [0.15, 0.2) is 53.4 Å². The van der Waals surface area contributed by atoms with E-state index in [1.54, 1.807) is 0 Å². The highest BCUT2D eigenvalue weighted by atomic mass is 32.2. The standard InChI is InChI=1S/C20H26N2O4S/c1-15(2)22(3)14-18-8-6-5-7-17(18)13-21-27(24,25)19-11-9-16(10-12-19)20(23)26-4/h5-12,15,21H,13-14H2,1-4H3. The van der Waals surface area contributed by atoms with Crippen LogP contribution in [0.1, 0.15) is 35.3 Å². The van der Waals surface area contributed by atoms with Crippen molar-refractivity contribution in [3.8, 4) is 0 Å². The first kappa shape index (κ1) is 21.1. The molecule has 0 unspecified atom stereocenters. The normalized spacial score (nSPS) is 11.8. The van der Waals surface area contributed by atoms with Crippen LogP contribution in [0.5, 0.6) is 0 Å². The second-order valence-electron chi connectivity index (χ2n) is 6.62. The fourth-order valence-electron chi connectivity index (χ4n) is 2.48. The van der Waals surface area contributed by atoms with Crippen molar-refractivity contribution in [3.05, 3.63) is 65.2 Å². The summed E-state index contributed by atoms with van der Waals surface area (Å²) in [6, 6.07) is 13.8. The van der Waals surface area contributed by atoms with Crippen LogP contribution in [0.25, 0.3) is 0 Å². The number of nitrogens with zero attached hydrogens (tertiary/aromatic N) is 1. The van der Waals surface area contributed by atoms with Gasteiger partial charge in [-0.05, 0) is 56.3 Å². The molecule has 0 fully saturated rings. The number of rotatable bonds is 8. The molecular formula is C20H26N2O4S. The summed E-state index contributed by atoms with van der Waals surface area (Å²) in [6.45, 7) is 5.17. The third-order valence-electron chi connectivity index (χ3n) is 4.46. The van der Waals surface area contributed by atoms with E-state index >= 15 is 0 Å². The summed E-state index contributed by atoms with van der Waals surface area (Å²) in [5.74, 6) is -0.505. The van der Waals surface area contributed by atoms with Crippen LogP contribution in [-0.4, -0.2) is 39.5 Å². The van der Waals surface area contributed by atoms with Gasteiger partial charge in [-0.25, -0.2) is 17.9 Å². The fourth-order valence-corrected chi connectivity index (χ4v) is 3.49. The molecule has 7 heteroatoms. The van der Waals surface area contributed by atoms with Crippen molar-refractivity contribution in [2.75, 3.05) is 14.2 Å². The van der Waals surface area contributed by atoms with E-state index in [1.165, 1.54) is 31.4 Å². The van der Waals surface area contributed by atoms with Gasteiger partial charge in [0.05, 0.1) is 17.6 Å². The third kappa shape index (κ3) is 5.63. The van der Waals surface area contributed by atoms with Crippen LogP contribution in [0.3, 0.4) is 0 Å². The van der Waals surface area contributed by atoms with Gasteiger partial charge in [-0.3, -0.25) is 4.90 Å². The highest BCUT2D eigenvalue weighted by Gasteiger charge is 2.16. The average molecular weight is 391 g/mol. The number of nitrogens with one attached hydrogen (secondary N) is 1. The van der Waals surface area contributed by atoms with Gasteiger partial charge in [0.15, 0.2) is 0 Å². The van der Waals surface area contributed by atoms with Crippen molar-refractivity contribution in [1.82, 2.24) is 9.62 Å². The van der Waals surface area contributed by atoms with E-state index in [9.17, 15) is 13.2 Å². The lowest BCUT2D eigenvalue weighted by Crippen LogP contribution is -2.27. The van der Waals surface area contributed by atoms with Crippen LogP contribution in [0, 0.1) is 0 Å². The summed E-state index contributed by atoms with van der Waals surface area (Å²) in [5.41, 5.74) is 2.32. The molecule has 0 aliphatic heterocycles. The largest absolute Gasteiger partial charge is 0.465 e. The highest BCUT2D eigenvalue weighted by molar-refractivity contribution is 7.89. The van der Waals surface area contributed by atoms with E-state index in [0.29, 0.717) is 11.6 Å². The molecule has 0 aliphatic rings. The van der Waals surface area contributed by atoms with Crippen molar-refractivity contribution < 1.29 is 17.9 Å². The van der Waals surface area contributed by atoms with E-state index in [1.807, 2.05) is 31.3 Å². The van der Waals surface area contributed by atoms with E-state index in [0.717, 1.165) is 17.7 Å². The first-order chi connectivity index (χ1) is 12.7. The minimum absolute atomic E-state index is 0.104. The van der Waals surface area contributed by atoms with Crippen molar-refractivity contribution in [1.29, 1.82) is 0 Å². The molecule has 1 N–H and O–H groups in total. The van der Waals surface area contributed by atoms with E-state index in [-0.39, 0.29) is 11.4 Å². The van der Waals surface area contributed by atoms with Gasteiger partial charge in [-0.15, -0.1) is 0 Å². The zero-order valence-corrected chi connectivity index (χ0v) is 16.9. The smallest absolute Gasteiger partial charge is 0.337 e. The van der Waals surface area contributed by atoms with Crippen molar-refractivity contribution in [2.45, 2.75) is 37.9 Å². The summed E-state index contributed by atoms with van der Waals surface area (Å²) >= 11 is 0. The van der Waals surface area contributed by atoms with Crippen molar-refractivity contribution in [3.63, 3.8) is 0 Å². The van der Waals surface area contributed by atoms with E-state index in [4.69, 9.17) is 0 Å². The Hall–Kier alpha value is -2.22. The lowest BCUT2D eigenvalue weighted by molar-refractivity contribution is 0.0600. The monoisotopic (exact) mass is 390 g/mol. The zero-order valence-electron chi connectivity index (χ0n) is 16.1. The summed E-state index contributed by atoms with van der Waals surface area (Å²) < 4.78 is 32.4. The molecule has 0 aromatic heterocycles. The second kappa shape index (κ2) is 9.12. The number of carbonyl (C=O) groups is 1. The Balaban J connectivity index is 2.12. The molecule has 0 aliphatic carbocycles. The van der Waals surface area contributed by atoms with Gasteiger partial charge in [0, 0.05) is 19.1 Å². The van der Waals surface area contributed by atoms with Gasteiger partial charge in [0.1, 0.15) is 0 Å². The Kier molecular flexibility index (Phi) is 7.12. The molecule has 0 spiro atoms. The van der Waals surface area contributed by atoms with Gasteiger partial charge < -0.3 is 4.74 Å². The number of carbonyl (C=O) groups excluding carboxylic acids is 1. The number of hydrogen-bond donors (Lipinski definition) is 1. The number of hydrogen-bond acceptors (Lipinski definition) is 5. The number of ether oxygens (including phenoxy) is 1. The lowest BCUT2D eigenvalue weighted by atomic mass is 10.1. The molecule has 0 saturated heterocycles. The maximum Gasteiger partial charge on any atom is 0.337 e. The molecule has 0 radical (unpaired) electrons. The second-order valence-corrected chi connectivity index (χ2v) is 8.39. The van der Waals surface area contributed by atoms with E-state index in [2.05, 4.69) is 28.2 Å². The zero-order chi connectivity index (χ0) is 20.0. The molecule has 2 rings (SSSR count). The maximum atomic E-state index is 12.6. The minimum Gasteiger partial charge on any atom is -0.465 e. The van der Waals surface area contributed by atoms with Gasteiger partial charge in [-0.1, -0.05) is 24.3 Å². The summed E-state index contributed by atoms with van der Waals surface area (Å²) in [4.78, 5) is 13.8. The molecule has 0 amide bonds. The van der Waals surface area contributed by atoms with Crippen molar-refractivity contribution >= 4 is 16.0 Å². The third-order valence-corrected chi connectivity index (χ3v) is 5.88. The quantitative estimate of drug-likeness (QED) is 0.702. The van der Waals surface area contributed by atoms with Crippen LogP contribution in [0.2, 0.25) is 0 Å². The maximum absolute atomic E-state index is 12.6. The summed E-state index contributed by atoms with van der Waals surface area (Å²) in [6.07, 6.45) is 0. The predicted octanol–water partition coefficient (Wildman–Crippen LogP) is 2.79. The molecule has 6 nitrogen and oxygen atoms in total. The molecule has 27 heavy (non-hydrogen) atoms. The molecule has 0 saturated carbocycles. The van der Waals surface area contributed by atoms with Gasteiger partial charge in [-0.2, -0.15) is 0 Å². The Morgan fingerprint density at radius 3 is 2.22 bits per heavy atom. The van der Waals surface area contributed by atoms with Crippen LogP contribution in [-0.2, 0) is 27.8 Å². The van der Waals surface area contributed by atoms with Crippen LogP contribution in [0.4, 0.5) is 0 Å². The molecule has 0 bridgehead atoms. The molecule has 2 aromatic carbocycles. The molecule has 0 atom stereocenters. The van der Waals surface area contributed by atoms with E-state index < -0.39 is 16.0 Å². The first-order valence-electron chi connectivity index (χ1n) is 8.69. The SMILES string of the molecule is COC(=O)c1ccc(S(=O)(=O)NCc2ccccc2CN(C)C(C)C)cc1. The molecular weight excluding hydrogens is 364 g/mol. The van der Waals surface area contributed by atoms with Crippen LogP contribution < -0.4 is 4.72 Å². The fraction of sp³-hybridized carbons (Fsp3) is 0.350. The Bertz CT molecular complexity index is 877.